The van der Waals surface area contributed by atoms with Crippen LogP contribution in [0.2, 0.25) is 5.02 Å². The molecule has 2 aromatic rings. The van der Waals surface area contributed by atoms with E-state index in [1.165, 1.54) is 0 Å². The number of carbonyl (C=O) groups is 1. The van der Waals surface area contributed by atoms with Crippen molar-refractivity contribution in [2.75, 3.05) is 17.7 Å². The van der Waals surface area contributed by atoms with Crippen LogP contribution in [0.3, 0.4) is 0 Å². The summed E-state index contributed by atoms with van der Waals surface area (Å²) in [7, 11) is 0. The summed E-state index contributed by atoms with van der Waals surface area (Å²) in [6, 6.07) is 12.3. The van der Waals surface area contributed by atoms with E-state index in [9.17, 15) is 4.79 Å². The molecule has 0 aromatic heterocycles. The topological polar surface area (TPSA) is 64.3 Å². The molecule has 0 bridgehead atoms. The number of benzene rings is 2. The van der Waals surface area contributed by atoms with Crippen molar-refractivity contribution in [1.29, 1.82) is 0 Å². The number of nitrogens with two attached hydrogens (primary N) is 1. The van der Waals surface area contributed by atoms with E-state index in [1.54, 1.807) is 30.3 Å². The SMILES string of the molecule is Nc1ccccc1NC(=O)CCOc1ccc(Cl)cc1Br. The Bertz CT molecular complexity index is 649. The number of anilines is 2. The van der Waals surface area contributed by atoms with Gasteiger partial charge in [-0.25, -0.2) is 0 Å². The molecule has 110 valence electrons. The lowest BCUT2D eigenvalue weighted by atomic mass is 10.2. The highest BCUT2D eigenvalue weighted by molar-refractivity contribution is 9.10. The Hall–Kier alpha value is -1.72. The lowest BCUT2D eigenvalue weighted by Crippen LogP contribution is -2.16. The lowest BCUT2D eigenvalue weighted by Gasteiger charge is -2.10. The van der Waals surface area contributed by atoms with E-state index in [0.29, 0.717) is 22.1 Å². The molecular formula is C15H14BrClN2O2. The van der Waals surface area contributed by atoms with Gasteiger partial charge in [0.2, 0.25) is 5.91 Å². The first-order valence-corrected chi connectivity index (χ1v) is 7.45. The molecule has 4 nitrogen and oxygen atoms in total. The predicted molar refractivity (Wildman–Crippen MR) is 88.7 cm³/mol. The van der Waals surface area contributed by atoms with Crippen molar-refractivity contribution in [2.24, 2.45) is 0 Å². The molecule has 21 heavy (non-hydrogen) atoms. The van der Waals surface area contributed by atoms with Gasteiger partial charge in [-0.2, -0.15) is 0 Å². The molecule has 0 spiro atoms. The molecule has 0 saturated heterocycles. The van der Waals surface area contributed by atoms with Crippen LogP contribution in [-0.4, -0.2) is 12.5 Å². The second kappa shape index (κ2) is 7.33. The fourth-order valence-electron chi connectivity index (χ4n) is 1.67. The van der Waals surface area contributed by atoms with Crippen molar-refractivity contribution in [3.63, 3.8) is 0 Å². The summed E-state index contributed by atoms with van der Waals surface area (Å²) < 4.78 is 6.29. The maximum Gasteiger partial charge on any atom is 0.227 e. The Morgan fingerprint density at radius 1 is 1.29 bits per heavy atom. The van der Waals surface area contributed by atoms with E-state index in [-0.39, 0.29) is 18.9 Å². The highest BCUT2D eigenvalue weighted by Gasteiger charge is 2.06. The Kier molecular flexibility index (Phi) is 5.47. The molecule has 0 atom stereocenters. The minimum absolute atomic E-state index is 0.155. The van der Waals surface area contributed by atoms with Crippen LogP contribution in [0, 0.1) is 0 Å². The summed E-state index contributed by atoms with van der Waals surface area (Å²) in [5.41, 5.74) is 6.90. The van der Waals surface area contributed by atoms with Gasteiger partial charge in [-0.1, -0.05) is 23.7 Å². The first-order valence-electron chi connectivity index (χ1n) is 6.28. The number of halogens is 2. The number of carbonyl (C=O) groups excluding carboxylic acids is 1. The predicted octanol–water partition coefficient (Wildman–Crippen LogP) is 4.09. The number of nitrogens with one attached hydrogen (secondary N) is 1. The van der Waals surface area contributed by atoms with E-state index < -0.39 is 0 Å². The van der Waals surface area contributed by atoms with Crippen molar-refractivity contribution in [3.8, 4) is 5.75 Å². The van der Waals surface area contributed by atoms with E-state index in [1.807, 2.05) is 12.1 Å². The Morgan fingerprint density at radius 3 is 2.76 bits per heavy atom. The lowest BCUT2D eigenvalue weighted by molar-refractivity contribution is -0.116. The van der Waals surface area contributed by atoms with Gasteiger partial charge in [-0.15, -0.1) is 0 Å². The van der Waals surface area contributed by atoms with Crippen molar-refractivity contribution in [2.45, 2.75) is 6.42 Å². The van der Waals surface area contributed by atoms with Crippen molar-refractivity contribution < 1.29 is 9.53 Å². The van der Waals surface area contributed by atoms with Gasteiger partial charge in [0, 0.05) is 5.02 Å². The second-order valence-corrected chi connectivity index (χ2v) is 5.60. The van der Waals surface area contributed by atoms with Crippen LogP contribution in [0.25, 0.3) is 0 Å². The molecule has 3 N–H and O–H groups in total. The van der Waals surface area contributed by atoms with Crippen molar-refractivity contribution in [3.05, 3.63) is 52.0 Å². The van der Waals surface area contributed by atoms with Gasteiger partial charge in [-0.05, 0) is 46.3 Å². The Balaban J connectivity index is 1.83. The first-order chi connectivity index (χ1) is 10.1. The zero-order valence-electron chi connectivity index (χ0n) is 11.1. The molecular weight excluding hydrogens is 356 g/mol. The number of rotatable bonds is 5. The normalized spacial score (nSPS) is 10.2. The van der Waals surface area contributed by atoms with Crippen LogP contribution in [0.4, 0.5) is 11.4 Å². The maximum absolute atomic E-state index is 11.8. The fraction of sp³-hybridized carbons (Fsp3) is 0.133. The third-order valence-corrected chi connectivity index (χ3v) is 3.57. The summed E-state index contributed by atoms with van der Waals surface area (Å²) in [5.74, 6) is 0.490. The highest BCUT2D eigenvalue weighted by Crippen LogP contribution is 2.28. The van der Waals surface area contributed by atoms with Gasteiger partial charge in [-0.3, -0.25) is 4.79 Å². The number of amides is 1. The van der Waals surface area contributed by atoms with E-state index in [2.05, 4.69) is 21.2 Å². The van der Waals surface area contributed by atoms with Crippen molar-refractivity contribution >= 4 is 44.8 Å². The summed E-state index contributed by atoms with van der Waals surface area (Å²) in [5, 5.41) is 3.36. The van der Waals surface area contributed by atoms with Gasteiger partial charge in [0.15, 0.2) is 0 Å². The molecule has 6 heteroatoms. The Morgan fingerprint density at radius 2 is 2.05 bits per heavy atom. The summed E-state index contributed by atoms with van der Waals surface area (Å²) in [6.07, 6.45) is 0.226. The molecule has 0 unspecified atom stereocenters. The molecule has 2 aromatic carbocycles. The third kappa shape index (κ3) is 4.65. The molecule has 1 amide bonds. The molecule has 2 rings (SSSR count). The van der Waals surface area contributed by atoms with Crippen LogP contribution in [0.15, 0.2) is 46.9 Å². The molecule has 0 saturated carbocycles. The first kappa shape index (κ1) is 15.7. The van der Waals surface area contributed by atoms with Crippen LogP contribution < -0.4 is 15.8 Å². The summed E-state index contributed by atoms with van der Waals surface area (Å²) in [4.78, 5) is 11.8. The third-order valence-electron chi connectivity index (χ3n) is 2.72. The van der Waals surface area contributed by atoms with Gasteiger partial charge < -0.3 is 15.8 Å². The number of nitrogen functional groups attached to an aromatic ring is 1. The van der Waals surface area contributed by atoms with Crippen LogP contribution in [0.1, 0.15) is 6.42 Å². The van der Waals surface area contributed by atoms with E-state index >= 15 is 0 Å². The zero-order chi connectivity index (χ0) is 15.2. The minimum Gasteiger partial charge on any atom is -0.492 e. The van der Waals surface area contributed by atoms with Gasteiger partial charge >= 0.3 is 0 Å². The van der Waals surface area contributed by atoms with Crippen LogP contribution >= 0.6 is 27.5 Å². The number of hydrogen-bond donors (Lipinski definition) is 2. The average Bonchev–Trinajstić information content (AvgIpc) is 2.44. The second-order valence-electron chi connectivity index (χ2n) is 4.31. The monoisotopic (exact) mass is 368 g/mol. The quantitative estimate of drug-likeness (QED) is 0.780. The largest absolute Gasteiger partial charge is 0.492 e. The molecule has 0 aliphatic rings. The van der Waals surface area contributed by atoms with E-state index in [4.69, 9.17) is 22.1 Å². The van der Waals surface area contributed by atoms with Gasteiger partial charge in [0.05, 0.1) is 28.9 Å². The molecule has 0 fully saturated rings. The molecule has 0 aliphatic carbocycles. The Labute approximate surface area is 136 Å². The number of ether oxygens (including phenoxy) is 1. The molecule has 0 radical (unpaired) electrons. The van der Waals surface area contributed by atoms with Crippen LogP contribution in [0.5, 0.6) is 5.75 Å². The van der Waals surface area contributed by atoms with Gasteiger partial charge in [0.25, 0.3) is 0 Å². The number of para-hydroxylation sites is 2. The van der Waals surface area contributed by atoms with Crippen LogP contribution in [-0.2, 0) is 4.79 Å². The van der Waals surface area contributed by atoms with E-state index in [0.717, 1.165) is 4.47 Å². The van der Waals surface area contributed by atoms with Gasteiger partial charge in [0.1, 0.15) is 5.75 Å². The highest BCUT2D eigenvalue weighted by atomic mass is 79.9. The summed E-state index contributed by atoms with van der Waals surface area (Å²) >= 11 is 9.20. The standard InChI is InChI=1S/C15H14BrClN2O2/c16-11-9-10(17)5-6-14(11)21-8-7-15(20)19-13-4-2-1-3-12(13)18/h1-6,9H,7-8,18H2,(H,19,20). The molecule has 0 aliphatic heterocycles. The van der Waals surface area contributed by atoms with Crippen molar-refractivity contribution in [1.82, 2.24) is 0 Å². The smallest absolute Gasteiger partial charge is 0.227 e. The maximum atomic E-state index is 11.8. The average molecular weight is 370 g/mol. The molecule has 0 heterocycles. The fourth-order valence-corrected chi connectivity index (χ4v) is 2.47. The number of hydrogen-bond acceptors (Lipinski definition) is 3. The summed E-state index contributed by atoms with van der Waals surface area (Å²) in [6.45, 7) is 0.263. The zero-order valence-corrected chi connectivity index (χ0v) is 13.4. The minimum atomic E-state index is -0.155.